The SMILES string of the molecule is COC(=O)[C@@H]1C[C@@H]2CN1C(=O)[C@H](C(C)(C)C)NC(=O)[C@@H](NC(=O)OC(C)(C)C)COC/C=C\c1cccc3c1CN(C3)C(=O)O2. The summed E-state index contributed by atoms with van der Waals surface area (Å²) < 4.78 is 22.0. The summed E-state index contributed by atoms with van der Waals surface area (Å²) in [5, 5.41) is 5.33. The van der Waals surface area contributed by atoms with Crippen LogP contribution < -0.4 is 10.6 Å². The average molecular weight is 629 g/mol. The Morgan fingerprint density at radius 1 is 1.07 bits per heavy atom. The van der Waals surface area contributed by atoms with E-state index in [2.05, 4.69) is 10.6 Å². The van der Waals surface area contributed by atoms with Crippen molar-refractivity contribution in [3.63, 3.8) is 0 Å². The third-order valence-electron chi connectivity index (χ3n) is 7.77. The van der Waals surface area contributed by atoms with Crippen LogP contribution in [0.5, 0.6) is 0 Å². The second-order valence-electron chi connectivity index (χ2n) is 13.6. The number of carbonyl (C=O) groups excluding carboxylic acids is 5. The molecule has 4 bridgehead atoms. The predicted molar refractivity (Wildman–Crippen MR) is 162 cm³/mol. The summed E-state index contributed by atoms with van der Waals surface area (Å²) in [6.45, 7) is 10.9. The summed E-state index contributed by atoms with van der Waals surface area (Å²) in [6, 6.07) is 2.43. The number of hydrogen-bond acceptors (Lipinski definition) is 9. The van der Waals surface area contributed by atoms with Gasteiger partial charge in [0.15, 0.2) is 0 Å². The van der Waals surface area contributed by atoms with Gasteiger partial charge in [-0.2, -0.15) is 0 Å². The van der Waals surface area contributed by atoms with Gasteiger partial charge in [-0.3, -0.25) is 14.5 Å². The van der Waals surface area contributed by atoms with Gasteiger partial charge in [0.2, 0.25) is 11.8 Å². The van der Waals surface area contributed by atoms with E-state index in [0.717, 1.165) is 16.7 Å². The van der Waals surface area contributed by atoms with Crippen LogP contribution in [-0.4, -0.2) is 96.5 Å². The van der Waals surface area contributed by atoms with Gasteiger partial charge in [-0.15, -0.1) is 0 Å². The van der Waals surface area contributed by atoms with Crippen molar-refractivity contribution in [1.29, 1.82) is 0 Å². The fraction of sp³-hybridized carbons (Fsp3) is 0.594. The van der Waals surface area contributed by atoms with Gasteiger partial charge in [0, 0.05) is 13.0 Å². The molecule has 13 nitrogen and oxygen atoms in total. The number of amides is 4. The van der Waals surface area contributed by atoms with Crippen molar-refractivity contribution >= 4 is 36.0 Å². The summed E-state index contributed by atoms with van der Waals surface area (Å²) in [5.41, 5.74) is 1.22. The number of fused-ring (bicyclic) bond motifs is 3. The molecule has 0 saturated carbocycles. The Bertz CT molecular complexity index is 1350. The number of esters is 1. The van der Waals surface area contributed by atoms with Gasteiger partial charge < -0.3 is 34.5 Å². The molecule has 1 aromatic carbocycles. The highest BCUT2D eigenvalue weighted by atomic mass is 16.6. The van der Waals surface area contributed by atoms with Gasteiger partial charge in [-0.05, 0) is 42.9 Å². The summed E-state index contributed by atoms with van der Waals surface area (Å²) in [4.78, 5) is 69.4. The van der Waals surface area contributed by atoms with Crippen LogP contribution >= 0.6 is 0 Å². The van der Waals surface area contributed by atoms with Crippen molar-refractivity contribution in [2.24, 2.45) is 5.41 Å². The highest BCUT2D eigenvalue weighted by Gasteiger charge is 2.47. The predicted octanol–water partition coefficient (Wildman–Crippen LogP) is 2.75. The molecule has 0 spiro atoms. The fourth-order valence-electron chi connectivity index (χ4n) is 5.56. The van der Waals surface area contributed by atoms with Crippen LogP contribution in [0.3, 0.4) is 0 Å². The van der Waals surface area contributed by atoms with E-state index in [1.165, 1.54) is 12.0 Å². The highest BCUT2D eigenvalue weighted by Crippen LogP contribution is 2.31. The number of hydrogen-bond donors (Lipinski definition) is 2. The molecule has 4 rings (SSSR count). The molecule has 3 aliphatic heterocycles. The van der Waals surface area contributed by atoms with Gasteiger partial charge >= 0.3 is 18.2 Å². The molecular formula is C32H44N4O9. The Balaban J connectivity index is 1.68. The number of ether oxygens (including phenoxy) is 4. The lowest BCUT2D eigenvalue weighted by Gasteiger charge is -2.35. The van der Waals surface area contributed by atoms with Crippen LogP contribution in [0.15, 0.2) is 24.3 Å². The lowest BCUT2D eigenvalue weighted by atomic mass is 9.85. The van der Waals surface area contributed by atoms with Gasteiger partial charge in [-0.25, -0.2) is 14.4 Å². The molecule has 4 atom stereocenters. The molecule has 3 heterocycles. The monoisotopic (exact) mass is 628 g/mol. The Labute approximate surface area is 263 Å². The topological polar surface area (TPSA) is 153 Å². The van der Waals surface area contributed by atoms with Crippen molar-refractivity contribution in [2.75, 3.05) is 26.9 Å². The van der Waals surface area contributed by atoms with Gasteiger partial charge in [0.1, 0.15) is 29.8 Å². The van der Waals surface area contributed by atoms with Crippen LogP contribution in [0.4, 0.5) is 9.59 Å². The zero-order valence-electron chi connectivity index (χ0n) is 27.0. The van der Waals surface area contributed by atoms with Crippen molar-refractivity contribution in [3.05, 3.63) is 41.0 Å². The molecule has 246 valence electrons. The van der Waals surface area contributed by atoms with Crippen LogP contribution in [-0.2, 0) is 46.4 Å². The standard InChI is InChI=1S/C32H44N4O9/c1-31(2,3)25-27(38)36-16-21(14-24(36)28(39)42-7)44-30(41)35-15-20-11-8-10-19(22(20)17-35)12-9-13-43-18-23(26(37)34-25)33-29(40)45-32(4,5)6/h8-12,21,23-25H,13-18H2,1-7H3,(H,33,40)(H,34,37)/b12-9-/t21-,23+,24+,25-/m1/s1. The lowest BCUT2D eigenvalue weighted by Crippen LogP contribution is -2.60. The molecule has 0 aliphatic carbocycles. The maximum Gasteiger partial charge on any atom is 0.410 e. The molecule has 1 aromatic rings. The van der Waals surface area contributed by atoms with E-state index in [-0.39, 0.29) is 26.2 Å². The second-order valence-corrected chi connectivity index (χ2v) is 13.6. The first kappa shape index (κ1) is 33.8. The molecule has 4 amide bonds. The summed E-state index contributed by atoms with van der Waals surface area (Å²) >= 11 is 0. The molecule has 13 heteroatoms. The minimum absolute atomic E-state index is 0.0421. The van der Waals surface area contributed by atoms with E-state index < -0.39 is 65.2 Å². The van der Waals surface area contributed by atoms with E-state index in [1.54, 1.807) is 52.5 Å². The molecule has 0 unspecified atom stereocenters. The largest absolute Gasteiger partial charge is 0.467 e. The smallest absolute Gasteiger partial charge is 0.410 e. The highest BCUT2D eigenvalue weighted by molar-refractivity contribution is 5.94. The molecular weight excluding hydrogens is 584 g/mol. The first-order valence-electron chi connectivity index (χ1n) is 15.1. The van der Waals surface area contributed by atoms with Crippen molar-refractivity contribution in [3.8, 4) is 0 Å². The Morgan fingerprint density at radius 3 is 2.47 bits per heavy atom. The Kier molecular flexibility index (Phi) is 10.1. The van der Waals surface area contributed by atoms with E-state index in [1.807, 2.05) is 24.3 Å². The number of nitrogens with zero attached hydrogens (tertiary/aromatic N) is 2. The zero-order chi connectivity index (χ0) is 33.1. The Morgan fingerprint density at radius 2 is 1.80 bits per heavy atom. The van der Waals surface area contributed by atoms with E-state index >= 15 is 0 Å². The third-order valence-corrected chi connectivity index (χ3v) is 7.77. The molecule has 0 aromatic heterocycles. The zero-order valence-corrected chi connectivity index (χ0v) is 27.0. The number of alkyl carbamates (subject to hydrolysis) is 1. The summed E-state index contributed by atoms with van der Waals surface area (Å²) in [5.74, 6) is -1.89. The normalized spacial score (nSPS) is 25.4. The van der Waals surface area contributed by atoms with Crippen LogP contribution in [0.25, 0.3) is 6.08 Å². The number of methoxy groups -OCH3 is 1. The molecule has 2 N–H and O–H groups in total. The second kappa shape index (κ2) is 13.5. The van der Waals surface area contributed by atoms with Crippen molar-refractivity contribution in [2.45, 2.75) is 90.9 Å². The number of nitrogens with one attached hydrogen (secondary N) is 2. The van der Waals surface area contributed by atoms with Gasteiger partial charge in [0.25, 0.3) is 0 Å². The van der Waals surface area contributed by atoms with Crippen LogP contribution in [0, 0.1) is 5.41 Å². The van der Waals surface area contributed by atoms with Crippen LogP contribution in [0.2, 0.25) is 0 Å². The first-order valence-corrected chi connectivity index (χ1v) is 15.1. The maximum atomic E-state index is 14.1. The quantitative estimate of drug-likeness (QED) is 0.372. The van der Waals surface area contributed by atoms with Gasteiger partial charge in [-0.1, -0.05) is 51.1 Å². The van der Waals surface area contributed by atoms with E-state index in [0.29, 0.717) is 13.1 Å². The molecule has 45 heavy (non-hydrogen) atoms. The third kappa shape index (κ3) is 8.33. The van der Waals surface area contributed by atoms with Crippen molar-refractivity contribution in [1.82, 2.24) is 20.4 Å². The fourth-order valence-corrected chi connectivity index (χ4v) is 5.56. The van der Waals surface area contributed by atoms with Gasteiger partial charge in [0.05, 0.1) is 33.4 Å². The Hall–Kier alpha value is -4.13. The number of carbonyl (C=O) groups is 5. The van der Waals surface area contributed by atoms with Crippen molar-refractivity contribution < 1.29 is 42.9 Å². The lowest BCUT2D eigenvalue weighted by molar-refractivity contribution is -0.153. The maximum absolute atomic E-state index is 14.1. The number of rotatable bonds is 2. The number of benzene rings is 1. The molecule has 0 radical (unpaired) electrons. The van der Waals surface area contributed by atoms with E-state index in [4.69, 9.17) is 18.9 Å². The average Bonchev–Trinajstić information content (AvgIpc) is 3.57. The van der Waals surface area contributed by atoms with Crippen LogP contribution in [0.1, 0.15) is 64.7 Å². The first-order chi connectivity index (χ1) is 21.1. The minimum atomic E-state index is -1.20. The molecule has 1 fully saturated rings. The summed E-state index contributed by atoms with van der Waals surface area (Å²) in [6.07, 6.45) is 1.55. The minimum Gasteiger partial charge on any atom is -0.467 e. The molecule has 1 saturated heterocycles. The summed E-state index contributed by atoms with van der Waals surface area (Å²) in [7, 11) is 1.22. The molecule has 3 aliphatic rings. The van der Waals surface area contributed by atoms with E-state index in [9.17, 15) is 24.0 Å².